The van der Waals surface area contributed by atoms with Gasteiger partial charge in [-0.1, -0.05) is 6.92 Å². The highest BCUT2D eigenvalue weighted by Gasteiger charge is 2.26. The van der Waals surface area contributed by atoms with E-state index in [1.807, 2.05) is 4.90 Å². The number of nitrogens with zero attached hydrogens (tertiary/aromatic N) is 1. The lowest BCUT2D eigenvalue weighted by molar-refractivity contribution is 0.0748. The Kier molecular flexibility index (Phi) is 4.88. The molecule has 1 saturated carbocycles. The SMILES string of the molecule is CCCN(CC1CC1)C(=O)c1ccc(NS(C)(=O)=O)cc1. The fraction of sp³-hybridized carbons (Fsp3) is 0.533. The van der Waals surface area contributed by atoms with Gasteiger partial charge in [0.2, 0.25) is 10.0 Å². The maximum atomic E-state index is 12.5. The first kappa shape index (κ1) is 15.8. The fourth-order valence-electron chi connectivity index (χ4n) is 2.24. The first-order chi connectivity index (χ1) is 9.89. The molecule has 5 nitrogen and oxygen atoms in total. The van der Waals surface area contributed by atoms with Crippen molar-refractivity contribution in [1.82, 2.24) is 4.90 Å². The fourth-order valence-corrected chi connectivity index (χ4v) is 2.80. The molecule has 1 aliphatic rings. The highest BCUT2D eigenvalue weighted by atomic mass is 32.2. The number of carbonyl (C=O) groups is 1. The first-order valence-corrected chi connectivity index (χ1v) is 9.15. The van der Waals surface area contributed by atoms with Gasteiger partial charge in [-0.05, 0) is 49.4 Å². The number of hydrogen-bond acceptors (Lipinski definition) is 3. The van der Waals surface area contributed by atoms with Crippen molar-refractivity contribution >= 4 is 21.6 Å². The van der Waals surface area contributed by atoms with Crippen molar-refractivity contribution in [2.24, 2.45) is 5.92 Å². The number of amides is 1. The Balaban J connectivity index is 2.06. The molecule has 0 aliphatic heterocycles. The van der Waals surface area contributed by atoms with Gasteiger partial charge in [-0.15, -0.1) is 0 Å². The maximum Gasteiger partial charge on any atom is 0.253 e. The van der Waals surface area contributed by atoms with Crippen LogP contribution in [0.5, 0.6) is 0 Å². The minimum atomic E-state index is -3.29. The van der Waals surface area contributed by atoms with E-state index in [-0.39, 0.29) is 5.91 Å². The molecule has 0 bridgehead atoms. The summed E-state index contributed by atoms with van der Waals surface area (Å²) in [5.41, 5.74) is 1.07. The van der Waals surface area contributed by atoms with Crippen molar-refractivity contribution < 1.29 is 13.2 Å². The third-order valence-electron chi connectivity index (χ3n) is 3.39. The van der Waals surface area contributed by atoms with Crippen molar-refractivity contribution in [3.05, 3.63) is 29.8 Å². The van der Waals surface area contributed by atoms with Crippen LogP contribution in [-0.2, 0) is 10.0 Å². The van der Waals surface area contributed by atoms with Gasteiger partial charge in [0, 0.05) is 24.3 Å². The third kappa shape index (κ3) is 5.04. The second-order valence-electron chi connectivity index (χ2n) is 5.65. The number of nitrogens with one attached hydrogen (secondary N) is 1. The quantitative estimate of drug-likeness (QED) is 0.840. The molecule has 1 fully saturated rings. The van der Waals surface area contributed by atoms with Crippen molar-refractivity contribution in [2.45, 2.75) is 26.2 Å². The molecule has 1 N–H and O–H groups in total. The predicted octanol–water partition coefficient (Wildman–Crippen LogP) is 2.32. The van der Waals surface area contributed by atoms with Crippen LogP contribution in [0.15, 0.2) is 24.3 Å². The molecule has 1 aromatic rings. The van der Waals surface area contributed by atoms with Gasteiger partial charge in [0.25, 0.3) is 5.91 Å². The second kappa shape index (κ2) is 6.47. The summed E-state index contributed by atoms with van der Waals surface area (Å²) in [7, 11) is -3.29. The number of sulfonamides is 1. The normalized spacial score (nSPS) is 14.8. The van der Waals surface area contributed by atoms with Crippen LogP contribution in [0, 0.1) is 5.92 Å². The van der Waals surface area contributed by atoms with Gasteiger partial charge in [-0.25, -0.2) is 8.42 Å². The molecule has 21 heavy (non-hydrogen) atoms. The summed E-state index contributed by atoms with van der Waals surface area (Å²) in [5, 5.41) is 0. The average Bonchev–Trinajstić information content (AvgIpc) is 3.20. The molecule has 0 atom stereocenters. The van der Waals surface area contributed by atoms with Crippen LogP contribution in [0.4, 0.5) is 5.69 Å². The summed E-state index contributed by atoms with van der Waals surface area (Å²) < 4.78 is 24.7. The van der Waals surface area contributed by atoms with Crippen molar-refractivity contribution in [1.29, 1.82) is 0 Å². The molecule has 0 saturated heterocycles. The Morgan fingerprint density at radius 3 is 2.38 bits per heavy atom. The van der Waals surface area contributed by atoms with Gasteiger partial charge in [0.1, 0.15) is 0 Å². The van der Waals surface area contributed by atoms with Crippen molar-refractivity contribution in [3.63, 3.8) is 0 Å². The molecule has 0 aromatic heterocycles. The summed E-state index contributed by atoms with van der Waals surface area (Å²) >= 11 is 0. The smallest absolute Gasteiger partial charge is 0.253 e. The van der Waals surface area contributed by atoms with Crippen LogP contribution in [0.3, 0.4) is 0 Å². The summed E-state index contributed by atoms with van der Waals surface area (Å²) in [6, 6.07) is 6.59. The van der Waals surface area contributed by atoms with E-state index in [0.717, 1.165) is 25.8 Å². The molecule has 2 rings (SSSR count). The Hall–Kier alpha value is -1.56. The standard InChI is InChI=1S/C15H22N2O3S/c1-3-10-17(11-12-4-5-12)15(18)13-6-8-14(9-7-13)16-21(2,19)20/h6-9,12,16H,3-5,10-11H2,1-2H3. The second-order valence-corrected chi connectivity index (χ2v) is 7.39. The zero-order valence-corrected chi connectivity index (χ0v) is 13.3. The van der Waals surface area contributed by atoms with E-state index in [9.17, 15) is 13.2 Å². The maximum absolute atomic E-state index is 12.5. The molecule has 0 radical (unpaired) electrons. The molecule has 116 valence electrons. The summed E-state index contributed by atoms with van der Waals surface area (Å²) in [6.45, 7) is 3.65. The molecule has 0 heterocycles. The van der Waals surface area contributed by atoms with E-state index in [1.54, 1.807) is 24.3 Å². The lowest BCUT2D eigenvalue weighted by atomic mass is 10.1. The Labute approximate surface area is 126 Å². The predicted molar refractivity (Wildman–Crippen MR) is 83.8 cm³/mol. The van der Waals surface area contributed by atoms with Crippen molar-refractivity contribution in [2.75, 3.05) is 24.1 Å². The van der Waals surface area contributed by atoms with Gasteiger partial charge in [0.05, 0.1) is 6.26 Å². The largest absolute Gasteiger partial charge is 0.338 e. The topological polar surface area (TPSA) is 66.5 Å². The lowest BCUT2D eigenvalue weighted by Crippen LogP contribution is -2.33. The first-order valence-electron chi connectivity index (χ1n) is 7.26. The summed E-state index contributed by atoms with van der Waals surface area (Å²) in [5.74, 6) is 0.682. The highest BCUT2D eigenvalue weighted by Crippen LogP contribution is 2.30. The minimum Gasteiger partial charge on any atom is -0.338 e. The van der Waals surface area contributed by atoms with E-state index < -0.39 is 10.0 Å². The monoisotopic (exact) mass is 310 g/mol. The van der Waals surface area contributed by atoms with Crippen LogP contribution in [-0.4, -0.2) is 38.6 Å². The molecule has 1 amide bonds. The zero-order chi connectivity index (χ0) is 15.5. The van der Waals surface area contributed by atoms with Gasteiger partial charge in [-0.2, -0.15) is 0 Å². The molecule has 0 unspecified atom stereocenters. The van der Waals surface area contributed by atoms with Gasteiger partial charge < -0.3 is 4.90 Å². The van der Waals surface area contributed by atoms with Crippen LogP contribution in [0.2, 0.25) is 0 Å². The van der Waals surface area contributed by atoms with E-state index in [0.29, 0.717) is 17.2 Å². The Bertz CT molecular complexity index is 592. The summed E-state index contributed by atoms with van der Waals surface area (Å²) in [4.78, 5) is 14.4. The van der Waals surface area contributed by atoms with E-state index >= 15 is 0 Å². The average molecular weight is 310 g/mol. The summed E-state index contributed by atoms with van der Waals surface area (Å²) in [6.07, 6.45) is 4.46. The number of benzene rings is 1. The molecular weight excluding hydrogens is 288 g/mol. The molecule has 0 spiro atoms. The van der Waals surface area contributed by atoms with Crippen LogP contribution in [0.25, 0.3) is 0 Å². The molecule has 1 aliphatic carbocycles. The van der Waals surface area contributed by atoms with Crippen molar-refractivity contribution in [3.8, 4) is 0 Å². The number of carbonyl (C=O) groups excluding carboxylic acids is 1. The van der Waals surface area contributed by atoms with E-state index in [2.05, 4.69) is 11.6 Å². The molecule has 1 aromatic carbocycles. The highest BCUT2D eigenvalue weighted by molar-refractivity contribution is 7.92. The lowest BCUT2D eigenvalue weighted by Gasteiger charge is -2.22. The van der Waals surface area contributed by atoms with E-state index in [1.165, 1.54) is 12.8 Å². The zero-order valence-electron chi connectivity index (χ0n) is 12.5. The minimum absolute atomic E-state index is 0.0228. The molecule has 6 heteroatoms. The molecular formula is C15H22N2O3S. The van der Waals surface area contributed by atoms with Crippen LogP contribution in [0.1, 0.15) is 36.5 Å². The Morgan fingerprint density at radius 1 is 1.29 bits per heavy atom. The van der Waals surface area contributed by atoms with E-state index in [4.69, 9.17) is 0 Å². The number of rotatable bonds is 7. The Morgan fingerprint density at radius 2 is 1.90 bits per heavy atom. The van der Waals surface area contributed by atoms with Gasteiger partial charge in [-0.3, -0.25) is 9.52 Å². The van der Waals surface area contributed by atoms with Crippen LogP contribution < -0.4 is 4.72 Å². The number of anilines is 1. The third-order valence-corrected chi connectivity index (χ3v) is 4.00. The van der Waals surface area contributed by atoms with Gasteiger partial charge >= 0.3 is 0 Å². The van der Waals surface area contributed by atoms with Crippen LogP contribution >= 0.6 is 0 Å². The van der Waals surface area contributed by atoms with Gasteiger partial charge in [0.15, 0.2) is 0 Å². The number of hydrogen-bond donors (Lipinski definition) is 1.